The molecule has 0 unspecified atom stereocenters. The van der Waals surface area contributed by atoms with E-state index in [1.165, 1.54) is 0 Å². The minimum Gasteiger partial charge on any atom is -0.495 e. The summed E-state index contributed by atoms with van der Waals surface area (Å²) in [6.45, 7) is 0. The van der Waals surface area contributed by atoms with E-state index in [1.807, 2.05) is 12.1 Å². The molecule has 0 amide bonds. The molecule has 0 fully saturated rings. The van der Waals surface area contributed by atoms with Gasteiger partial charge < -0.3 is 20.2 Å². The third kappa shape index (κ3) is 2.12. The number of anilines is 3. The number of nitrogens with two attached hydrogens (primary N) is 1. The first-order valence-electron chi connectivity index (χ1n) is 5.91. The Kier molecular flexibility index (Phi) is 3.12. The zero-order chi connectivity index (χ0) is 14.1. The monoisotopic (exact) mass is 289 g/mol. The van der Waals surface area contributed by atoms with E-state index >= 15 is 0 Å². The number of ether oxygens (including phenoxy) is 1. The Labute approximate surface area is 120 Å². The fourth-order valence-electron chi connectivity index (χ4n) is 1.98. The van der Waals surface area contributed by atoms with Crippen LogP contribution in [0.3, 0.4) is 0 Å². The fraction of sp³-hybridized carbons (Fsp3) is 0.0714. The molecule has 0 radical (unpaired) electrons. The number of benzene rings is 1. The van der Waals surface area contributed by atoms with Gasteiger partial charge in [0.05, 0.1) is 18.3 Å². The summed E-state index contributed by atoms with van der Waals surface area (Å²) in [6, 6.07) is 7.22. The second-order valence-corrected chi connectivity index (χ2v) is 4.59. The molecular weight excluding hydrogens is 278 g/mol. The van der Waals surface area contributed by atoms with Crippen LogP contribution in [-0.4, -0.2) is 12.1 Å². The minimum absolute atomic E-state index is 0.307. The number of nitrogens with zero attached hydrogens (tertiary/aromatic N) is 1. The Balaban J connectivity index is 2.03. The van der Waals surface area contributed by atoms with Crippen LogP contribution in [0.25, 0.3) is 11.0 Å². The van der Waals surface area contributed by atoms with E-state index in [2.05, 4.69) is 10.3 Å². The average Bonchev–Trinajstić information content (AvgIpc) is 2.77. The smallest absolute Gasteiger partial charge is 0.215 e. The van der Waals surface area contributed by atoms with Gasteiger partial charge in [-0.15, -0.1) is 0 Å². The normalized spacial score (nSPS) is 10.7. The Morgan fingerprint density at radius 3 is 3.00 bits per heavy atom. The lowest BCUT2D eigenvalue weighted by Crippen LogP contribution is -1.94. The Hall–Kier alpha value is -2.40. The van der Waals surface area contributed by atoms with Crippen LogP contribution >= 0.6 is 11.6 Å². The van der Waals surface area contributed by atoms with Crippen LogP contribution in [0.1, 0.15) is 0 Å². The van der Waals surface area contributed by atoms with E-state index in [1.54, 1.807) is 31.6 Å². The Morgan fingerprint density at radius 1 is 1.35 bits per heavy atom. The molecule has 0 aliphatic rings. The lowest BCUT2D eigenvalue weighted by molar-refractivity contribution is 0.415. The molecule has 1 aromatic carbocycles. The molecule has 20 heavy (non-hydrogen) atoms. The molecule has 3 aromatic rings. The number of pyridine rings is 1. The van der Waals surface area contributed by atoms with Crippen LogP contribution in [0.15, 0.2) is 41.1 Å². The number of methoxy groups -OCH3 is 1. The predicted octanol–water partition coefficient (Wildman–Crippen LogP) is 3.82. The number of hydrogen-bond donors (Lipinski definition) is 2. The number of halogens is 1. The molecule has 0 aliphatic carbocycles. The zero-order valence-electron chi connectivity index (χ0n) is 10.7. The van der Waals surface area contributed by atoms with E-state index in [-0.39, 0.29) is 0 Å². The van der Waals surface area contributed by atoms with Gasteiger partial charge >= 0.3 is 0 Å². The molecule has 0 spiro atoms. The van der Waals surface area contributed by atoms with Gasteiger partial charge in [0, 0.05) is 23.3 Å². The van der Waals surface area contributed by atoms with Gasteiger partial charge in [0.2, 0.25) is 5.88 Å². The van der Waals surface area contributed by atoms with Gasteiger partial charge in [-0.1, -0.05) is 11.6 Å². The molecule has 2 aromatic heterocycles. The van der Waals surface area contributed by atoms with Gasteiger partial charge in [-0.2, -0.15) is 0 Å². The maximum atomic E-state index is 6.00. The molecule has 0 aliphatic heterocycles. The molecule has 0 saturated heterocycles. The van der Waals surface area contributed by atoms with Crippen LogP contribution in [0, 0.1) is 0 Å². The summed E-state index contributed by atoms with van der Waals surface area (Å²) in [4.78, 5) is 4.00. The van der Waals surface area contributed by atoms with Gasteiger partial charge in [-0.3, -0.25) is 4.98 Å². The van der Waals surface area contributed by atoms with Crippen LogP contribution in [0.4, 0.5) is 17.3 Å². The van der Waals surface area contributed by atoms with Crippen LogP contribution < -0.4 is 15.8 Å². The van der Waals surface area contributed by atoms with Gasteiger partial charge in [0.15, 0.2) is 5.58 Å². The largest absolute Gasteiger partial charge is 0.495 e. The minimum atomic E-state index is 0.307. The van der Waals surface area contributed by atoms with Crippen molar-refractivity contribution in [2.24, 2.45) is 0 Å². The highest BCUT2D eigenvalue weighted by Crippen LogP contribution is 2.36. The molecule has 0 saturated carbocycles. The number of aromatic nitrogens is 1. The van der Waals surface area contributed by atoms with E-state index in [0.29, 0.717) is 27.9 Å². The van der Waals surface area contributed by atoms with Gasteiger partial charge in [0.1, 0.15) is 11.4 Å². The summed E-state index contributed by atoms with van der Waals surface area (Å²) in [6.07, 6.45) is 3.31. The third-order valence-electron chi connectivity index (χ3n) is 2.94. The SMILES string of the molecule is COc1cc(Nc2c(N)oc3cnccc23)ccc1Cl. The second kappa shape index (κ2) is 4.94. The van der Waals surface area contributed by atoms with Crippen LogP contribution in [0.2, 0.25) is 5.02 Å². The fourth-order valence-corrected chi connectivity index (χ4v) is 2.18. The molecule has 0 bridgehead atoms. The number of nitrogen functional groups attached to an aromatic ring is 1. The van der Waals surface area contributed by atoms with E-state index in [4.69, 9.17) is 26.5 Å². The van der Waals surface area contributed by atoms with Gasteiger partial charge in [0.25, 0.3) is 0 Å². The zero-order valence-corrected chi connectivity index (χ0v) is 11.4. The molecule has 6 heteroatoms. The highest BCUT2D eigenvalue weighted by molar-refractivity contribution is 6.32. The standard InChI is InChI=1S/C14H12ClN3O2/c1-19-11-6-8(2-3-10(11)15)18-13-9-4-5-17-7-12(9)20-14(13)16/h2-7,18H,16H2,1H3. The summed E-state index contributed by atoms with van der Waals surface area (Å²) < 4.78 is 10.6. The Morgan fingerprint density at radius 2 is 2.20 bits per heavy atom. The maximum absolute atomic E-state index is 6.00. The second-order valence-electron chi connectivity index (χ2n) is 4.19. The van der Waals surface area contributed by atoms with Crippen LogP contribution in [-0.2, 0) is 0 Å². The number of fused-ring (bicyclic) bond motifs is 1. The Bertz CT molecular complexity index is 770. The number of rotatable bonds is 3. The highest BCUT2D eigenvalue weighted by atomic mass is 35.5. The lowest BCUT2D eigenvalue weighted by Gasteiger charge is -2.08. The van der Waals surface area contributed by atoms with Crippen molar-refractivity contribution in [2.75, 3.05) is 18.2 Å². The van der Waals surface area contributed by atoms with Gasteiger partial charge in [-0.05, 0) is 18.2 Å². The summed E-state index contributed by atoms with van der Waals surface area (Å²) in [7, 11) is 1.57. The van der Waals surface area contributed by atoms with Crippen molar-refractivity contribution in [1.82, 2.24) is 4.98 Å². The first kappa shape index (κ1) is 12.6. The highest BCUT2D eigenvalue weighted by Gasteiger charge is 2.12. The summed E-state index contributed by atoms with van der Waals surface area (Å²) in [5, 5.41) is 4.63. The molecule has 0 atom stereocenters. The molecular formula is C14H12ClN3O2. The maximum Gasteiger partial charge on any atom is 0.215 e. The average molecular weight is 290 g/mol. The number of hydrogen-bond acceptors (Lipinski definition) is 5. The lowest BCUT2D eigenvalue weighted by atomic mass is 10.2. The number of nitrogens with one attached hydrogen (secondary N) is 1. The van der Waals surface area contributed by atoms with Crippen LogP contribution in [0.5, 0.6) is 5.75 Å². The third-order valence-corrected chi connectivity index (χ3v) is 3.25. The van der Waals surface area contributed by atoms with Crippen molar-refractivity contribution in [3.8, 4) is 5.75 Å². The van der Waals surface area contributed by atoms with Crippen molar-refractivity contribution in [3.05, 3.63) is 41.7 Å². The van der Waals surface area contributed by atoms with Crippen molar-refractivity contribution in [1.29, 1.82) is 0 Å². The van der Waals surface area contributed by atoms with E-state index in [0.717, 1.165) is 11.1 Å². The van der Waals surface area contributed by atoms with Crippen molar-refractivity contribution in [2.45, 2.75) is 0 Å². The molecule has 2 heterocycles. The van der Waals surface area contributed by atoms with Gasteiger partial charge in [-0.25, -0.2) is 0 Å². The molecule has 3 N–H and O–H groups in total. The predicted molar refractivity (Wildman–Crippen MR) is 79.7 cm³/mol. The summed E-state index contributed by atoms with van der Waals surface area (Å²) in [5.74, 6) is 0.895. The molecule has 5 nitrogen and oxygen atoms in total. The summed E-state index contributed by atoms with van der Waals surface area (Å²) >= 11 is 6.00. The van der Waals surface area contributed by atoms with E-state index in [9.17, 15) is 0 Å². The van der Waals surface area contributed by atoms with Crippen molar-refractivity contribution in [3.63, 3.8) is 0 Å². The first-order valence-corrected chi connectivity index (χ1v) is 6.29. The first-order chi connectivity index (χ1) is 9.69. The molecule has 102 valence electrons. The van der Waals surface area contributed by atoms with Crippen molar-refractivity contribution >= 4 is 39.8 Å². The quantitative estimate of drug-likeness (QED) is 0.767. The van der Waals surface area contributed by atoms with E-state index < -0.39 is 0 Å². The van der Waals surface area contributed by atoms with Crippen molar-refractivity contribution < 1.29 is 9.15 Å². The topological polar surface area (TPSA) is 73.3 Å². The summed E-state index contributed by atoms with van der Waals surface area (Å²) in [5.41, 5.74) is 8.02. The molecule has 3 rings (SSSR count). The number of furan rings is 1.